The molecule has 0 unspecified atom stereocenters. The zero-order valence-corrected chi connectivity index (χ0v) is 16.5. The molecule has 1 aliphatic heterocycles. The number of carboxylic acid groups (broad SMARTS) is 1. The van der Waals surface area contributed by atoms with E-state index in [0.717, 1.165) is 22.2 Å². The van der Waals surface area contributed by atoms with Gasteiger partial charge in [-0.3, -0.25) is 9.69 Å². The van der Waals surface area contributed by atoms with Crippen molar-refractivity contribution in [3.63, 3.8) is 0 Å². The summed E-state index contributed by atoms with van der Waals surface area (Å²) in [6, 6.07) is 8.36. The summed E-state index contributed by atoms with van der Waals surface area (Å²) >= 11 is 13.9. The maximum Gasteiger partial charge on any atom is 0.266 e. The summed E-state index contributed by atoms with van der Waals surface area (Å²) in [5.74, 6) is -1.17. The third-order valence-electron chi connectivity index (χ3n) is 3.38. The van der Waals surface area contributed by atoms with E-state index in [1.807, 2.05) is 36.6 Å². The van der Waals surface area contributed by atoms with Gasteiger partial charge in [-0.05, 0) is 36.1 Å². The number of aliphatic carboxylic acids is 1. The van der Waals surface area contributed by atoms with E-state index in [4.69, 9.17) is 23.8 Å². The van der Waals surface area contributed by atoms with Crippen LogP contribution in [0, 0.1) is 0 Å². The van der Waals surface area contributed by atoms with Crippen molar-refractivity contribution >= 4 is 69.6 Å². The van der Waals surface area contributed by atoms with Crippen LogP contribution >= 0.6 is 47.3 Å². The van der Waals surface area contributed by atoms with Gasteiger partial charge in [0.25, 0.3) is 5.91 Å². The Labute approximate surface area is 165 Å². The summed E-state index contributed by atoms with van der Waals surface area (Å²) in [5, 5.41) is 11.8. The monoisotopic (exact) mass is 412 g/mol. The third-order valence-corrected chi connectivity index (χ3v) is 5.57. The quantitative estimate of drug-likeness (QED) is 0.507. The number of halogens is 1. The van der Waals surface area contributed by atoms with Gasteiger partial charge < -0.3 is 9.90 Å². The van der Waals surface area contributed by atoms with Crippen molar-refractivity contribution in [3.8, 4) is 0 Å². The van der Waals surface area contributed by atoms with E-state index in [9.17, 15) is 14.7 Å². The number of allylic oxidation sites excluding steroid dienone is 2. The van der Waals surface area contributed by atoms with Gasteiger partial charge in [-0.25, -0.2) is 0 Å². The first-order valence-corrected chi connectivity index (χ1v) is 10.3. The molecule has 0 radical (unpaired) electrons. The molecular weight excluding hydrogens is 398 g/mol. The van der Waals surface area contributed by atoms with Crippen LogP contribution in [-0.2, 0) is 9.59 Å². The summed E-state index contributed by atoms with van der Waals surface area (Å²) < 4.78 is 0.204. The Morgan fingerprint density at radius 3 is 2.72 bits per heavy atom. The molecule has 1 aliphatic rings. The van der Waals surface area contributed by atoms with Gasteiger partial charge in [0.1, 0.15) is 4.32 Å². The molecule has 0 bridgehead atoms. The molecule has 0 saturated carbocycles. The van der Waals surface area contributed by atoms with Crippen molar-refractivity contribution in [2.24, 2.45) is 0 Å². The Bertz CT molecular complexity index is 734. The van der Waals surface area contributed by atoms with Crippen LogP contribution in [0.25, 0.3) is 6.08 Å². The standard InChI is InChI=1S/C17H16ClNO3S3/c1-24-8-7-13(16(21)22)19-15(20)14(25-17(19)23)10-12(18)9-11-5-3-2-4-6-11/h2-6,9-10,13H,7-8H2,1H3,(H,21,22)/p-1/b12-9-,14-10?/t13-/m0/s1. The summed E-state index contributed by atoms with van der Waals surface area (Å²) in [5.41, 5.74) is 0.895. The molecule has 4 nitrogen and oxygen atoms in total. The number of benzene rings is 1. The number of hydrogen-bond acceptors (Lipinski definition) is 6. The van der Waals surface area contributed by atoms with Gasteiger partial charge in [0.15, 0.2) is 0 Å². The minimum Gasteiger partial charge on any atom is -0.548 e. The molecule has 2 rings (SSSR count). The minimum atomic E-state index is -1.31. The molecule has 1 amide bonds. The Morgan fingerprint density at radius 1 is 1.44 bits per heavy atom. The van der Waals surface area contributed by atoms with E-state index in [-0.39, 0.29) is 10.7 Å². The zero-order chi connectivity index (χ0) is 18.4. The van der Waals surface area contributed by atoms with Crippen molar-refractivity contribution in [1.82, 2.24) is 4.90 Å². The van der Waals surface area contributed by atoms with Crippen molar-refractivity contribution < 1.29 is 14.7 Å². The molecule has 0 aliphatic carbocycles. The number of amides is 1. The second-order valence-electron chi connectivity index (χ2n) is 5.11. The first-order valence-electron chi connectivity index (χ1n) is 7.33. The van der Waals surface area contributed by atoms with Gasteiger partial charge in [-0.15, -0.1) is 0 Å². The van der Waals surface area contributed by atoms with E-state index < -0.39 is 17.9 Å². The molecule has 0 N–H and O–H groups in total. The molecule has 1 fully saturated rings. The molecule has 132 valence electrons. The molecule has 1 heterocycles. The molecule has 8 heteroatoms. The SMILES string of the molecule is CSCC[C@@H](C(=O)[O-])N1C(=O)C(=C/C(Cl)=C/c2ccccc2)SC1=S. The number of thiocarbonyl (C=S) groups is 1. The number of carbonyl (C=O) groups excluding carboxylic acids is 2. The fraction of sp³-hybridized carbons (Fsp3) is 0.235. The molecule has 1 aromatic rings. The predicted molar refractivity (Wildman–Crippen MR) is 107 cm³/mol. The zero-order valence-electron chi connectivity index (χ0n) is 13.3. The van der Waals surface area contributed by atoms with Gasteiger partial charge in [-0.1, -0.05) is 65.9 Å². The normalized spacial score (nSPS) is 18.1. The summed E-state index contributed by atoms with van der Waals surface area (Å²) in [7, 11) is 0. The fourth-order valence-electron chi connectivity index (χ4n) is 2.21. The average molecular weight is 413 g/mol. The predicted octanol–water partition coefficient (Wildman–Crippen LogP) is 2.88. The maximum absolute atomic E-state index is 12.6. The second kappa shape index (κ2) is 9.43. The van der Waals surface area contributed by atoms with Crippen LogP contribution in [0.5, 0.6) is 0 Å². The molecule has 1 atom stereocenters. The highest BCUT2D eigenvalue weighted by molar-refractivity contribution is 8.26. The number of carboxylic acids is 1. The van der Waals surface area contributed by atoms with Crippen LogP contribution in [-0.4, -0.2) is 39.1 Å². The summed E-state index contributed by atoms with van der Waals surface area (Å²) in [4.78, 5) is 25.4. The minimum absolute atomic E-state index is 0.204. The van der Waals surface area contributed by atoms with Crippen LogP contribution in [0.15, 0.2) is 46.3 Å². The van der Waals surface area contributed by atoms with Gasteiger partial charge in [0.05, 0.1) is 16.9 Å². The van der Waals surface area contributed by atoms with Gasteiger partial charge in [-0.2, -0.15) is 11.8 Å². The van der Waals surface area contributed by atoms with E-state index >= 15 is 0 Å². The van der Waals surface area contributed by atoms with Crippen LogP contribution < -0.4 is 5.11 Å². The number of nitrogens with zero attached hydrogens (tertiary/aromatic N) is 1. The Hall–Kier alpha value is -1.28. The van der Waals surface area contributed by atoms with Crippen molar-refractivity contribution in [2.75, 3.05) is 12.0 Å². The first kappa shape index (κ1) is 20.0. The summed E-state index contributed by atoms with van der Waals surface area (Å²) in [6.45, 7) is 0. The number of carbonyl (C=O) groups is 2. The topological polar surface area (TPSA) is 60.4 Å². The van der Waals surface area contributed by atoms with Gasteiger partial charge in [0, 0.05) is 5.03 Å². The smallest absolute Gasteiger partial charge is 0.266 e. The lowest BCUT2D eigenvalue weighted by Gasteiger charge is -2.27. The van der Waals surface area contributed by atoms with Crippen LogP contribution in [0.4, 0.5) is 0 Å². The van der Waals surface area contributed by atoms with E-state index in [2.05, 4.69) is 0 Å². The Kier molecular flexibility index (Phi) is 7.56. The highest BCUT2D eigenvalue weighted by atomic mass is 35.5. The second-order valence-corrected chi connectivity index (χ2v) is 8.21. The van der Waals surface area contributed by atoms with Crippen LogP contribution in [0.1, 0.15) is 12.0 Å². The average Bonchev–Trinajstić information content (AvgIpc) is 2.83. The Morgan fingerprint density at radius 2 is 2.12 bits per heavy atom. The van der Waals surface area contributed by atoms with Gasteiger partial charge >= 0.3 is 0 Å². The molecule has 0 spiro atoms. The largest absolute Gasteiger partial charge is 0.548 e. The maximum atomic E-state index is 12.6. The van der Waals surface area contributed by atoms with Crippen LogP contribution in [0.2, 0.25) is 0 Å². The van der Waals surface area contributed by atoms with Crippen molar-refractivity contribution in [3.05, 3.63) is 51.9 Å². The molecular formula is C17H15ClNO3S3-. The lowest BCUT2D eigenvalue weighted by atomic mass is 10.2. The lowest BCUT2D eigenvalue weighted by Crippen LogP contribution is -2.50. The first-order chi connectivity index (χ1) is 11.9. The van der Waals surface area contributed by atoms with E-state index in [1.54, 1.807) is 6.08 Å². The summed E-state index contributed by atoms with van der Waals surface area (Å²) in [6.07, 6.45) is 5.37. The van der Waals surface area contributed by atoms with E-state index in [1.165, 1.54) is 17.8 Å². The fourth-order valence-corrected chi connectivity index (χ4v) is 4.31. The highest BCUT2D eigenvalue weighted by Gasteiger charge is 2.37. The lowest BCUT2D eigenvalue weighted by molar-refractivity contribution is -0.310. The van der Waals surface area contributed by atoms with Crippen LogP contribution in [0.3, 0.4) is 0 Å². The molecule has 25 heavy (non-hydrogen) atoms. The molecule has 1 saturated heterocycles. The number of rotatable bonds is 7. The van der Waals surface area contributed by atoms with Crippen molar-refractivity contribution in [2.45, 2.75) is 12.5 Å². The van der Waals surface area contributed by atoms with E-state index in [0.29, 0.717) is 15.7 Å². The third kappa shape index (κ3) is 5.34. The van der Waals surface area contributed by atoms with Crippen molar-refractivity contribution in [1.29, 1.82) is 0 Å². The molecule has 1 aromatic carbocycles. The number of thioether (sulfide) groups is 2. The Balaban J connectivity index is 2.22. The number of hydrogen-bond donors (Lipinski definition) is 0. The molecule has 0 aromatic heterocycles. The highest BCUT2D eigenvalue weighted by Crippen LogP contribution is 2.34. The van der Waals surface area contributed by atoms with Gasteiger partial charge in [0.2, 0.25) is 0 Å².